The third-order valence-corrected chi connectivity index (χ3v) is 10.5. The summed E-state index contributed by atoms with van der Waals surface area (Å²) in [6.07, 6.45) is 15.2. The highest BCUT2D eigenvalue weighted by Crippen LogP contribution is 2.52. The summed E-state index contributed by atoms with van der Waals surface area (Å²) >= 11 is 5.69. The molecule has 0 radical (unpaired) electrons. The molecular formula is C40H44ClF4N3O5. The molecule has 0 saturated carbocycles. The molecule has 3 aliphatic carbocycles. The summed E-state index contributed by atoms with van der Waals surface area (Å²) in [7, 11) is 0. The minimum atomic E-state index is -2.80. The van der Waals surface area contributed by atoms with Crippen molar-refractivity contribution in [1.29, 1.82) is 0 Å². The van der Waals surface area contributed by atoms with Crippen molar-refractivity contribution in [2.45, 2.75) is 56.8 Å². The monoisotopic (exact) mass is 757 g/mol. The number of carboxylic acid groups (broad SMARTS) is 1. The lowest BCUT2D eigenvalue weighted by Crippen LogP contribution is -2.56. The number of nitrogens with zero attached hydrogens (tertiary/aromatic N) is 2. The van der Waals surface area contributed by atoms with Crippen LogP contribution in [0.1, 0.15) is 50.7 Å². The van der Waals surface area contributed by atoms with E-state index in [1.165, 1.54) is 18.2 Å². The molecule has 0 spiro atoms. The second-order valence-corrected chi connectivity index (χ2v) is 15.0. The summed E-state index contributed by atoms with van der Waals surface area (Å²) < 4.78 is 66.7. The second kappa shape index (κ2) is 15.8. The number of carboxylic acids is 1. The van der Waals surface area contributed by atoms with Gasteiger partial charge in [0.25, 0.3) is 17.8 Å². The molecule has 0 bridgehead atoms. The van der Waals surface area contributed by atoms with Gasteiger partial charge in [-0.2, -0.15) is 0 Å². The van der Waals surface area contributed by atoms with Crippen molar-refractivity contribution >= 4 is 34.7 Å². The zero-order valence-electron chi connectivity index (χ0n) is 29.9. The number of carbonyl (C=O) groups excluding carboxylic acids is 2. The van der Waals surface area contributed by atoms with E-state index in [1.54, 1.807) is 28.0 Å². The van der Waals surface area contributed by atoms with Gasteiger partial charge in [0.1, 0.15) is 5.70 Å². The molecule has 2 saturated heterocycles. The number of likely N-dealkylation sites (tertiary alicyclic amines) is 1. The third-order valence-electron chi connectivity index (χ3n) is 10.2. The first kappa shape index (κ1) is 38.8. The van der Waals surface area contributed by atoms with Crippen LogP contribution in [0.5, 0.6) is 0 Å². The Morgan fingerprint density at radius 2 is 1.62 bits per heavy atom. The highest BCUT2D eigenvalue weighted by atomic mass is 35.5. The van der Waals surface area contributed by atoms with Crippen molar-refractivity contribution in [1.82, 2.24) is 10.2 Å². The summed E-state index contributed by atoms with van der Waals surface area (Å²) in [4.78, 5) is 29.1. The highest BCUT2D eigenvalue weighted by Gasteiger charge is 2.50. The Kier molecular flexibility index (Phi) is 11.5. The Morgan fingerprint density at radius 1 is 0.943 bits per heavy atom. The van der Waals surface area contributed by atoms with Crippen molar-refractivity contribution in [3.63, 3.8) is 0 Å². The van der Waals surface area contributed by atoms with Crippen LogP contribution in [-0.4, -0.2) is 93.7 Å². The van der Waals surface area contributed by atoms with Gasteiger partial charge in [-0.3, -0.25) is 4.79 Å². The fraction of sp³-hybridized carbons (Fsp3) is 0.500. The summed E-state index contributed by atoms with van der Waals surface area (Å²) in [5, 5.41) is 15.4. The maximum Gasteiger partial charge on any atom is 0.284 e. The van der Waals surface area contributed by atoms with Crippen molar-refractivity contribution in [2.75, 3.05) is 69.9 Å². The first-order valence-corrected chi connectivity index (χ1v) is 18.6. The van der Waals surface area contributed by atoms with E-state index in [0.29, 0.717) is 59.4 Å². The van der Waals surface area contributed by atoms with E-state index < -0.39 is 61.2 Å². The van der Waals surface area contributed by atoms with E-state index in [-0.39, 0.29) is 24.3 Å². The van der Waals surface area contributed by atoms with Gasteiger partial charge >= 0.3 is 0 Å². The molecule has 53 heavy (non-hydrogen) atoms. The average molecular weight is 758 g/mol. The molecule has 1 unspecified atom stereocenters. The number of amides is 1. The number of halogens is 5. The molecule has 1 aromatic rings. The number of nitrogens with one attached hydrogen (secondary N) is 1. The topological polar surface area (TPSA) is 94.2 Å². The lowest BCUT2D eigenvalue weighted by atomic mass is 9.64. The first-order chi connectivity index (χ1) is 25.2. The van der Waals surface area contributed by atoms with E-state index in [2.05, 4.69) is 11.4 Å². The number of aliphatic carboxylic acids is 1. The molecule has 2 heterocycles. The predicted molar refractivity (Wildman–Crippen MR) is 193 cm³/mol. The molecule has 6 rings (SSSR count). The maximum atomic E-state index is 13.9. The molecule has 5 aliphatic rings. The summed E-state index contributed by atoms with van der Waals surface area (Å²) in [5.74, 6) is -7.97. The Bertz CT molecular complexity index is 1780. The maximum absolute atomic E-state index is 13.9. The lowest BCUT2D eigenvalue weighted by molar-refractivity contribution is -0.308. The summed E-state index contributed by atoms with van der Waals surface area (Å²) in [5.41, 5.74) is 3.99. The van der Waals surface area contributed by atoms with Crippen molar-refractivity contribution in [3.05, 3.63) is 93.8 Å². The SMILES string of the molecule is CC1(C)C2=C([C+]=CC(N3CC(F)(F)C3)=C2)C(=C2C=C(C(=O)NCCOCCOCCCCCCCl)C=CC2C(=O)[O-])c2ccc(N3CC(F)(F)C3)cc21. The number of hydrogen-bond acceptors (Lipinski definition) is 7. The van der Waals surface area contributed by atoms with E-state index in [0.717, 1.165) is 31.2 Å². The Morgan fingerprint density at radius 3 is 2.30 bits per heavy atom. The standard InChI is InChI=1S/C40H44ClF4N3O5/c1-38(2)33-20-27(47-22-39(42,43)23-47)8-11-30(33)35(31-12-9-28(21-34(31)38)48-24-40(44,45)25-48)32-19-26(7-10-29(32)37(50)51)36(49)46-14-16-53-18-17-52-15-6-4-3-5-13-41/h7-11,19-21,29H,3-6,13-18,22-25H2,1-2H3,(H-,46,49,50,51). The quantitative estimate of drug-likeness (QED) is 0.103. The number of rotatable bonds is 16. The van der Waals surface area contributed by atoms with Gasteiger partial charge < -0.3 is 34.5 Å². The van der Waals surface area contributed by atoms with Crippen LogP contribution >= 0.6 is 11.6 Å². The van der Waals surface area contributed by atoms with Gasteiger partial charge in [0.05, 0.1) is 86.6 Å². The number of fused-ring (bicyclic) bond motifs is 1. The molecule has 0 aromatic heterocycles. The fourth-order valence-corrected chi connectivity index (χ4v) is 7.49. The Balaban J connectivity index is 1.26. The highest BCUT2D eigenvalue weighted by molar-refractivity contribution is 6.17. The predicted octanol–water partition coefficient (Wildman–Crippen LogP) is 5.50. The molecule has 284 valence electrons. The Labute approximate surface area is 312 Å². The van der Waals surface area contributed by atoms with Crippen LogP contribution in [0.15, 0.2) is 76.6 Å². The minimum Gasteiger partial charge on any atom is -0.549 e. The van der Waals surface area contributed by atoms with Gasteiger partial charge in [-0.1, -0.05) is 25.0 Å². The van der Waals surface area contributed by atoms with Crippen LogP contribution in [0.3, 0.4) is 0 Å². The number of ether oxygens (including phenoxy) is 2. The van der Waals surface area contributed by atoms with Crippen molar-refractivity contribution < 1.29 is 41.7 Å². The van der Waals surface area contributed by atoms with Gasteiger partial charge in [0.15, 0.2) is 5.57 Å². The van der Waals surface area contributed by atoms with Gasteiger partial charge in [-0.05, 0) is 56.5 Å². The number of hydrogen-bond donors (Lipinski definition) is 1. The molecule has 1 atom stereocenters. The average Bonchev–Trinajstić information content (AvgIpc) is 3.09. The summed E-state index contributed by atoms with van der Waals surface area (Å²) in [6.45, 7) is 4.09. The first-order valence-electron chi connectivity index (χ1n) is 18.0. The largest absolute Gasteiger partial charge is 0.549 e. The van der Waals surface area contributed by atoms with Crippen LogP contribution in [0, 0.1) is 12.0 Å². The van der Waals surface area contributed by atoms with Crippen molar-refractivity contribution in [3.8, 4) is 0 Å². The van der Waals surface area contributed by atoms with Gasteiger partial charge in [-0.25, -0.2) is 17.6 Å². The van der Waals surface area contributed by atoms with E-state index in [4.69, 9.17) is 21.1 Å². The van der Waals surface area contributed by atoms with Crippen LogP contribution in [0.2, 0.25) is 0 Å². The molecule has 1 amide bonds. The minimum absolute atomic E-state index is 0.211. The number of alkyl halides is 5. The number of allylic oxidation sites excluding steroid dienone is 7. The molecule has 2 aliphatic heterocycles. The zero-order chi connectivity index (χ0) is 38.0. The molecular weight excluding hydrogens is 714 g/mol. The van der Waals surface area contributed by atoms with Crippen LogP contribution in [0.4, 0.5) is 23.2 Å². The van der Waals surface area contributed by atoms with Gasteiger partial charge in [-0.15, -0.1) is 11.6 Å². The van der Waals surface area contributed by atoms with E-state index >= 15 is 0 Å². The zero-order valence-corrected chi connectivity index (χ0v) is 30.7. The molecule has 1 aromatic carbocycles. The number of anilines is 1. The van der Waals surface area contributed by atoms with Crippen LogP contribution in [-0.2, 0) is 24.5 Å². The second-order valence-electron chi connectivity index (χ2n) is 14.6. The lowest BCUT2D eigenvalue weighted by Gasteiger charge is -2.42. The molecule has 2 fully saturated rings. The molecule has 13 heteroatoms. The number of benzene rings is 1. The van der Waals surface area contributed by atoms with E-state index in [9.17, 15) is 32.3 Å². The van der Waals surface area contributed by atoms with Crippen molar-refractivity contribution in [2.24, 2.45) is 5.92 Å². The smallest absolute Gasteiger partial charge is 0.284 e. The van der Waals surface area contributed by atoms with Crippen LogP contribution in [0.25, 0.3) is 5.57 Å². The van der Waals surface area contributed by atoms with E-state index in [1.807, 2.05) is 26.0 Å². The summed E-state index contributed by atoms with van der Waals surface area (Å²) in [6, 6.07) is 5.34. The number of unbranched alkanes of at least 4 members (excludes halogenated alkanes) is 3. The third kappa shape index (κ3) is 8.56. The van der Waals surface area contributed by atoms with Crippen LogP contribution < -0.4 is 15.3 Å². The Hall–Kier alpha value is -3.96. The molecule has 8 nitrogen and oxygen atoms in total. The number of carbonyl (C=O) groups is 2. The van der Waals surface area contributed by atoms with Gasteiger partial charge in [0.2, 0.25) is 0 Å². The molecule has 1 N–H and O–H groups in total. The normalized spacial score (nSPS) is 23.3. The fourth-order valence-electron chi connectivity index (χ4n) is 7.30. The van der Waals surface area contributed by atoms with Gasteiger partial charge in [0, 0.05) is 47.5 Å².